The fraction of sp³-hybridized carbons (Fsp3) is 0. The molecular formula is C10H7BOS. The van der Waals surface area contributed by atoms with Crippen LogP contribution >= 0.6 is 11.3 Å². The van der Waals surface area contributed by atoms with Crippen LogP contribution in [0.15, 0.2) is 36.4 Å². The highest BCUT2D eigenvalue weighted by molar-refractivity contribution is 7.23. The highest BCUT2D eigenvalue weighted by atomic mass is 32.1. The molecule has 1 heterocycles. The molecule has 1 aromatic carbocycles. The molecule has 0 spiro atoms. The van der Waals surface area contributed by atoms with Crippen molar-refractivity contribution in [1.82, 2.24) is 0 Å². The lowest BCUT2D eigenvalue weighted by Gasteiger charge is -1.96. The third-order valence-corrected chi connectivity index (χ3v) is 2.74. The van der Waals surface area contributed by atoms with Crippen LogP contribution in [0.2, 0.25) is 0 Å². The first-order valence-electron chi connectivity index (χ1n) is 3.90. The van der Waals surface area contributed by atoms with Gasteiger partial charge in [0.05, 0.1) is 0 Å². The predicted molar refractivity (Wildman–Crippen MR) is 56.8 cm³/mol. The van der Waals surface area contributed by atoms with Crippen molar-refractivity contribution >= 4 is 24.0 Å². The van der Waals surface area contributed by atoms with E-state index in [1.165, 1.54) is 0 Å². The number of phenolic OH excluding ortho intramolecular Hbond substituents is 1. The van der Waals surface area contributed by atoms with Crippen molar-refractivity contribution in [2.45, 2.75) is 0 Å². The summed E-state index contributed by atoms with van der Waals surface area (Å²) in [5, 5.41) is 9.09. The van der Waals surface area contributed by atoms with Crippen LogP contribution in [0.5, 0.6) is 5.75 Å². The second-order valence-electron chi connectivity index (χ2n) is 2.75. The van der Waals surface area contributed by atoms with Crippen molar-refractivity contribution in [2.24, 2.45) is 0 Å². The van der Waals surface area contributed by atoms with E-state index in [9.17, 15) is 0 Å². The summed E-state index contributed by atoms with van der Waals surface area (Å²) in [5.41, 5.74) is 1.08. The third kappa shape index (κ3) is 1.75. The standard InChI is InChI=1S/C10H7BOS/c11-10-6-5-9(13-10)7-1-3-8(12)4-2-7/h1-6,12H. The first-order chi connectivity index (χ1) is 6.25. The molecule has 1 nitrogen and oxygen atoms in total. The molecule has 0 fully saturated rings. The van der Waals surface area contributed by atoms with Gasteiger partial charge in [-0.15, -0.1) is 0 Å². The molecule has 13 heavy (non-hydrogen) atoms. The third-order valence-electron chi connectivity index (χ3n) is 1.78. The smallest absolute Gasteiger partial charge is 0.128 e. The molecule has 0 aliphatic carbocycles. The second kappa shape index (κ2) is 3.26. The first-order valence-corrected chi connectivity index (χ1v) is 4.72. The molecule has 0 unspecified atom stereocenters. The van der Waals surface area contributed by atoms with Gasteiger partial charge in [0.25, 0.3) is 0 Å². The van der Waals surface area contributed by atoms with E-state index in [-0.39, 0.29) is 5.75 Å². The van der Waals surface area contributed by atoms with E-state index in [1.807, 2.05) is 24.3 Å². The molecule has 1 aromatic heterocycles. The van der Waals surface area contributed by atoms with Crippen molar-refractivity contribution in [3.63, 3.8) is 0 Å². The molecule has 0 saturated heterocycles. The van der Waals surface area contributed by atoms with Gasteiger partial charge in [0.15, 0.2) is 0 Å². The van der Waals surface area contributed by atoms with Crippen molar-refractivity contribution in [1.29, 1.82) is 0 Å². The minimum atomic E-state index is 0.285. The Labute approximate surface area is 82.1 Å². The lowest BCUT2D eigenvalue weighted by Crippen LogP contribution is -1.88. The number of hydrogen-bond acceptors (Lipinski definition) is 2. The van der Waals surface area contributed by atoms with Gasteiger partial charge in [-0.05, 0) is 40.7 Å². The zero-order chi connectivity index (χ0) is 9.26. The number of benzene rings is 1. The summed E-state index contributed by atoms with van der Waals surface area (Å²) in [6.07, 6.45) is 0. The quantitative estimate of drug-likeness (QED) is 0.674. The van der Waals surface area contributed by atoms with Gasteiger partial charge >= 0.3 is 0 Å². The number of aromatic hydroxyl groups is 1. The van der Waals surface area contributed by atoms with Gasteiger partial charge in [0.1, 0.15) is 13.6 Å². The van der Waals surface area contributed by atoms with Gasteiger partial charge in [-0.2, -0.15) is 11.3 Å². The molecule has 2 radical (unpaired) electrons. The van der Waals surface area contributed by atoms with Gasteiger partial charge in [0, 0.05) is 4.88 Å². The molecular weight excluding hydrogens is 179 g/mol. The van der Waals surface area contributed by atoms with Crippen LogP contribution in [0.25, 0.3) is 10.4 Å². The summed E-state index contributed by atoms with van der Waals surface area (Å²) in [6.45, 7) is 0. The van der Waals surface area contributed by atoms with Crippen LogP contribution in [0.1, 0.15) is 0 Å². The number of thiophene rings is 1. The lowest BCUT2D eigenvalue weighted by atomic mass is 10.1. The number of phenols is 1. The maximum atomic E-state index is 9.09. The minimum absolute atomic E-state index is 0.285. The van der Waals surface area contributed by atoms with Crippen LogP contribution in [0.3, 0.4) is 0 Å². The normalized spacial score (nSPS) is 10.2. The summed E-state index contributed by atoms with van der Waals surface area (Å²) >= 11 is 1.54. The summed E-state index contributed by atoms with van der Waals surface area (Å²) < 4.78 is 0.808. The SMILES string of the molecule is [B]c1ccc(-c2ccc(O)cc2)s1. The molecule has 0 amide bonds. The van der Waals surface area contributed by atoms with Crippen LogP contribution < -0.4 is 4.78 Å². The average molecular weight is 186 g/mol. The van der Waals surface area contributed by atoms with E-state index in [2.05, 4.69) is 0 Å². The fourth-order valence-corrected chi connectivity index (χ4v) is 1.91. The van der Waals surface area contributed by atoms with Crippen LogP contribution in [0, 0.1) is 0 Å². The molecule has 0 aliphatic rings. The molecule has 0 atom stereocenters. The van der Waals surface area contributed by atoms with Gasteiger partial charge in [0.2, 0.25) is 0 Å². The van der Waals surface area contributed by atoms with E-state index < -0.39 is 0 Å². The molecule has 0 saturated carbocycles. The Morgan fingerprint density at radius 3 is 2.23 bits per heavy atom. The highest BCUT2D eigenvalue weighted by Gasteiger charge is 1.99. The van der Waals surface area contributed by atoms with Crippen LogP contribution in [0.4, 0.5) is 0 Å². The zero-order valence-corrected chi connectivity index (χ0v) is 7.71. The minimum Gasteiger partial charge on any atom is -0.508 e. The molecule has 2 rings (SSSR count). The highest BCUT2D eigenvalue weighted by Crippen LogP contribution is 2.24. The van der Waals surface area contributed by atoms with E-state index in [4.69, 9.17) is 13.0 Å². The Hall–Kier alpha value is -1.22. The average Bonchev–Trinajstić information content (AvgIpc) is 2.53. The second-order valence-corrected chi connectivity index (χ2v) is 3.86. The fourth-order valence-electron chi connectivity index (χ4n) is 1.13. The van der Waals surface area contributed by atoms with E-state index in [0.717, 1.165) is 15.2 Å². The molecule has 0 aliphatic heterocycles. The predicted octanol–water partition coefficient (Wildman–Crippen LogP) is 1.91. The Morgan fingerprint density at radius 1 is 1.00 bits per heavy atom. The molecule has 2 aromatic rings. The Bertz CT molecular complexity index is 405. The van der Waals surface area contributed by atoms with Crippen molar-refractivity contribution in [2.75, 3.05) is 0 Å². The number of rotatable bonds is 1. The van der Waals surface area contributed by atoms with E-state index in [1.54, 1.807) is 23.5 Å². The summed E-state index contributed by atoms with van der Waals surface area (Å²) in [4.78, 5) is 1.12. The Kier molecular flexibility index (Phi) is 2.11. The van der Waals surface area contributed by atoms with Gasteiger partial charge in [-0.3, -0.25) is 0 Å². The lowest BCUT2D eigenvalue weighted by molar-refractivity contribution is 0.475. The monoisotopic (exact) mass is 186 g/mol. The molecule has 3 heteroatoms. The molecule has 1 N–H and O–H groups in total. The first kappa shape index (κ1) is 8.39. The summed E-state index contributed by atoms with van der Waals surface area (Å²) in [6, 6.07) is 11.0. The van der Waals surface area contributed by atoms with Gasteiger partial charge in [-0.1, -0.05) is 6.07 Å². The van der Waals surface area contributed by atoms with Crippen molar-refractivity contribution in [3.05, 3.63) is 36.4 Å². The summed E-state index contributed by atoms with van der Waals surface area (Å²) in [5.74, 6) is 0.285. The Morgan fingerprint density at radius 2 is 1.69 bits per heavy atom. The largest absolute Gasteiger partial charge is 0.508 e. The van der Waals surface area contributed by atoms with E-state index >= 15 is 0 Å². The van der Waals surface area contributed by atoms with Gasteiger partial charge < -0.3 is 5.11 Å². The number of hydrogen-bond donors (Lipinski definition) is 1. The maximum absolute atomic E-state index is 9.09. The maximum Gasteiger partial charge on any atom is 0.128 e. The summed E-state index contributed by atoms with van der Waals surface area (Å²) in [7, 11) is 5.61. The zero-order valence-electron chi connectivity index (χ0n) is 6.90. The topological polar surface area (TPSA) is 20.2 Å². The molecule has 0 bridgehead atoms. The van der Waals surface area contributed by atoms with Gasteiger partial charge in [-0.25, -0.2) is 0 Å². The van der Waals surface area contributed by atoms with E-state index in [0.29, 0.717) is 0 Å². The van der Waals surface area contributed by atoms with Crippen molar-refractivity contribution < 1.29 is 5.11 Å². The van der Waals surface area contributed by atoms with Crippen LogP contribution in [-0.2, 0) is 0 Å². The van der Waals surface area contributed by atoms with Crippen molar-refractivity contribution in [3.8, 4) is 16.2 Å². The Balaban J connectivity index is 2.41. The van der Waals surface area contributed by atoms with Crippen LogP contribution in [-0.4, -0.2) is 13.0 Å². The molecule has 62 valence electrons.